The van der Waals surface area contributed by atoms with E-state index >= 15 is 0 Å². The van der Waals surface area contributed by atoms with Crippen molar-refractivity contribution in [2.24, 2.45) is 0 Å². The number of hydrogen-bond donors (Lipinski definition) is 1. The number of aromatic nitrogens is 2. The van der Waals surface area contributed by atoms with Crippen molar-refractivity contribution < 1.29 is 4.79 Å². The van der Waals surface area contributed by atoms with Crippen LogP contribution in [0.25, 0.3) is 0 Å². The molecule has 1 N–H and O–H groups in total. The topological polar surface area (TPSA) is 61.4 Å². The third-order valence-corrected chi connectivity index (χ3v) is 4.99. The maximum Gasteiger partial charge on any atom is 0.267 e. The summed E-state index contributed by atoms with van der Waals surface area (Å²) in [6.45, 7) is 7.81. The molecule has 2 aliphatic heterocycles. The summed E-state index contributed by atoms with van der Waals surface area (Å²) >= 11 is 1.23. The van der Waals surface area contributed by atoms with Gasteiger partial charge in [0.15, 0.2) is 0 Å². The van der Waals surface area contributed by atoms with Gasteiger partial charge >= 0.3 is 0 Å². The lowest BCUT2D eigenvalue weighted by atomic mass is 10.2. The zero-order chi connectivity index (χ0) is 13.9. The summed E-state index contributed by atoms with van der Waals surface area (Å²) < 4.78 is 3.91. The number of rotatable bonds is 3. The van der Waals surface area contributed by atoms with Crippen molar-refractivity contribution in [1.82, 2.24) is 24.7 Å². The largest absolute Gasteiger partial charge is 0.335 e. The Hall–Kier alpha value is -1.05. The molecule has 2 aliphatic rings. The first-order chi connectivity index (χ1) is 9.79. The van der Waals surface area contributed by atoms with E-state index in [-0.39, 0.29) is 5.91 Å². The number of amides is 1. The van der Waals surface area contributed by atoms with E-state index in [2.05, 4.69) is 19.8 Å². The molecule has 0 spiro atoms. The Bertz CT molecular complexity index is 463. The number of carbonyl (C=O) groups excluding carboxylic acids is 1. The van der Waals surface area contributed by atoms with Gasteiger partial charge in [0.1, 0.15) is 4.88 Å². The average molecular weight is 295 g/mol. The maximum atomic E-state index is 12.5. The molecule has 2 fully saturated rings. The highest BCUT2D eigenvalue weighted by Crippen LogP contribution is 2.17. The SMILES string of the molecule is CCc1nnsc1C(=O)N1CCN(C2CCNC2)CC1. The molecule has 20 heavy (non-hydrogen) atoms. The molecule has 110 valence electrons. The lowest BCUT2D eigenvalue weighted by Gasteiger charge is -2.37. The number of carbonyl (C=O) groups is 1. The monoisotopic (exact) mass is 295 g/mol. The fraction of sp³-hybridized carbons (Fsp3) is 0.769. The Balaban J connectivity index is 1.59. The smallest absolute Gasteiger partial charge is 0.267 e. The van der Waals surface area contributed by atoms with Gasteiger partial charge in [0.2, 0.25) is 0 Å². The van der Waals surface area contributed by atoms with Gasteiger partial charge in [0.05, 0.1) is 5.69 Å². The molecule has 0 saturated carbocycles. The molecule has 1 atom stereocenters. The van der Waals surface area contributed by atoms with Crippen molar-refractivity contribution in [3.8, 4) is 0 Å². The molecule has 1 aromatic heterocycles. The second kappa shape index (κ2) is 6.15. The Morgan fingerprint density at radius 1 is 1.40 bits per heavy atom. The van der Waals surface area contributed by atoms with E-state index in [9.17, 15) is 4.79 Å². The number of hydrogen-bond acceptors (Lipinski definition) is 6. The van der Waals surface area contributed by atoms with Crippen LogP contribution < -0.4 is 5.32 Å². The highest BCUT2D eigenvalue weighted by Gasteiger charge is 2.29. The molecule has 0 radical (unpaired) electrons. The van der Waals surface area contributed by atoms with Crippen LogP contribution in [0.4, 0.5) is 0 Å². The Morgan fingerprint density at radius 2 is 2.20 bits per heavy atom. The molecule has 0 aromatic carbocycles. The van der Waals surface area contributed by atoms with Crippen molar-refractivity contribution in [1.29, 1.82) is 0 Å². The Morgan fingerprint density at radius 3 is 2.85 bits per heavy atom. The van der Waals surface area contributed by atoms with Crippen LogP contribution in [-0.4, -0.2) is 70.6 Å². The van der Waals surface area contributed by atoms with E-state index in [1.807, 2.05) is 11.8 Å². The molecule has 3 rings (SSSR count). The van der Waals surface area contributed by atoms with E-state index in [4.69, 9.17) is 0 Å². The highest BCUT2D eigenvalue weighted by atomic mass is 32.1. The number of aryl methyl sites for hydroxylation is 1. The first-order valence-corrected chi connectivity index (χ1v) is 8.12. The minimum absolute atomic E-state index is 0.112. The van der Waals surface area contributed by atoms with Crippen molar-refractivity contribution >= 4 is 17.4 Å². The van der Waals surface area contributed by atoms with Crippen molar-refractivity contribution in [2.75, 3.05) is 39.3 Å². The van der Waals surface area contributed by atoms with E-state index < -0.39 is 0 Å². The van der Waals surface area contributed by atoms with Gasteiger partial charge in [-0.3, -0.25) is 9.69 Å². The summed E-state index contributed by atoms with van der Waals surface area (Å²) in [4.78, 5) is 17.7. The van der Waals surface area contributed by atoms with Crippen molar-refractivity contribution in [2.45, 2.75) is 25.8 Å². The van der Waals surface area contributed by atoms with Crippen LogP contribution in [0, 0.1) is 0 Å². The minimum atomic E-state index is 0.112. The van der Waals surface area contributed by atoms with Crippen molar-refractivity contribution in [3.05, 3.63) is 10.6 Å². The molecule has 0 bridgehead atoms. The normalized spacial score (nSPS) is 24.2. The minimum Gasteiger partial charge on any atom is -0.335 e. The van der Waals surface area contributed by atoms with Crippen LogP contribution in [0.5, 0.6) is 0 Å². The molecule has 1 aromatic rings. The quantitative estimate of drug-likeness (QED) is 0.864. The second-order valence-electron chi connectivity index (χ2n) is 5.38. The molecule has 0 aliphatic carbocycles. The third kappa shape index (κ3) is 2.70. The molecule has 7 heteroatoms. The fourth-order valence-electron chi connectivity index (χ4n) is 2.99. The van der Waals surface area contributed by atoms with Crippen LogP contribution in [0.2, 0.25) is 0 Å². The van der Waals surface area contributed by atoms with E-state index in [1.54, 1.807) is 0 Å². The van der Waals surface area contributed by atoms with Crippen LogP contribution in [0.15, 0.2) is 0 Å². The lowest BCUT2D eigenvalue weighted by Crippen LogP contribution is -2.52. The molecular formula is C13H21N5OS. The van der Waals surface area contributed by atoms with Gasteiger partial charge in [-0.2, -0.15) is 0 Å². The zero-order valence-corrected chi connectivity index (χ0v) is 12.7. The van der Waals surface area contributed by atoms with Gasteiger partial charge in [-0.15, -0.1) is 5.10 Å². The summed E-state index contributed by atoms with van der Waals surface area (Å²) in [5, 5.41) is 7.43. The van der Waals surface area contributed by atoms with Gasteiger partial charge in [-0.25, -0.2) is 0 Å². The van der Waals surface area contributed by atoms with Gasteiger partial charge < -0.3 is 10.2 Å². The van der Waals surface area contributed by atoms with Gasteiger partial charge in [-0.05, 0) is 30.9 Å². The zero-order valence-electron chi connectivity index (χ0n) is 11.8. The van der Waals surface area contributed by atoms with Crippen molar-refractivity contribution in [3.63, 3.8) is 0 Å². The number of piperazine rings is 1. The molecule has 2 saturated heterocycles. The number of nitrogens with one attached hydrogen (secondary N) is 1. The summed E-state index contributed by atoms with van der Waals surface area (Å²) in [7, 11) is 0. The maximum absolute atomic E-state index is 12.5. The Labute approximate surface area is 123 Å². The first-order valence-electron chi connectivity index (χ1n) is 7.35. The average Bonchev–Trinajstić information content (AvgIpc) is 3.17. The molecule has 3 heterocycles. The summed E-state index contributed by atoms with van der Waals surface area (Å²) in [5.74, 6) is 0.112. The fourth-order valence-corrected chi connectivity index (χ4v) is 3.71. The van der Waals surface area contributed by atoms with E-state index in [1.165, 1.54) is 18.0 Å². The van der Waals surface area contributed by atoms with Crippen LogP contribution in [0.3, 0.4) is 0 Å². The highest BCUT2D eigenvalue weighted by molar-refractivity contribution is 7.08. The third-order valence-electron chi connectivity index (χ3n) is 4.24. The van der Waals surface area contributed by atoms with Crippen LogP contribution in [-0.2, 0) is 6.42 Å². The molecule has 1 unspecified atom stereocenters. The summed E-state index contributed by atoms with van der Waals surface area (Å²) in [6.07, 6.45) is 2.00. The predicted molar refractivity (Wildman–Crippen MR) is 78.0 cm³/mol. The van der Waals surface area contributed by atoms with Gasteiger partial charge in [0.25, 0.3) is 5.91 Å². The van der Waals surface area contributed by atoms with Crippen LogP contribution >= 0.6 is 11.5 Å². The van der Waals surface area contributed by atoms with E-state index in [0.717, 1.165) is 56.3 Å². The van der Waals surface area contributed by atoms with Crippen LogP contribution in [0.1, 0.15) is 28.7 Å². The van der Waals surface area contributed by atoms with Gasteiger partial charge in [0, 0.05) is 38.8 Å². The molecule has 1 amide bonds. The Kier molecular flexibility index (Phi) is 4.28. The second-order valence-corrected chi connectivity index (χ2v) is 6.13. The van der Waals surface area contributed by atoms with E-state index in [0.29, 0.717) is 6.04 Å². The molecular weight excluding hydrogens is 274 g/mol. The molecule has 6 nitrogen and oxygen atoms in total. The standard InChI is InChI=1S/C13H21N5OS/c1-2-11-12(20-16-15-11)13(19)18-7-5-17(6-8-18)10-3-4-14-9-10/h10,14H,2-9H2,1H3. The lowest BCUT2D eigenvalue weighted by molar-refractivity contribution is 0.0587. The summed E-state index contributed by atoms with van der Waals surface area (Å²) in [5.41, 5.74) is 0.836. The first kappa shape index (κ1) is 13.9. The predicted octanol–water partition coefficient (Wildman–Crippen LogP) is 0.220. The van der Waals surface area contributed by atoms with Gasteiger partial charge in [-0.1, -0.05) is 11.4 Å². The summed E-state index contributed by atoms with van der Waals surface area (Å²) in [6, 6.07) is 0.656. The number of nitrogens with zero attached hydrogens (tertiary/aromatic N) is 4.